The van der Waals surface area contributed by atoms with E-state index in [9.17, 15) is 24.3 Å². The van der Waals surface area contributed by atoms with Crippen molar-refractivity contribution in [2.24, 2.45) is 0 Å². The number of imidazole rings is 1. The molecule has 0 fully saturated rings. The Morgan fingerprint density at radius 1 is 0.865 bits per heavy atom. The van der Waals surface area contributed by atoms with Gasteiger partial charge in [-0.15, -0.1) is 0 Å². The number of nitrogens with zero attached hydrogens (tertiary/aromatic N) is 3. The van der Waals surface area contributed by atoms with Crippen LogP contribution in [-0.2, 0) is 16.0 Å². The van der Waals surface area contributed by atoms with Crippen LogP contribution in [0, 0.1) is 0 Å². The molecule has 2 N–H and O–H groups in total. The average molecular weight is 728 g/mol. The maximum atomic E-state index is 13.8. The second-order valence-electron chi connectivity index (χ2n) is 13.7. The number of amides is 1. The summed E-state index contributed by atoms with van der Waals surface area (Å²) < 4.78 is 12.7. The van der Waals surface area contributed by atoms with E-state index in [-0.39, 0.29) is 34.9 Å². The van der Waals surface area contributed by atoms with Gasteiger partial charge in [0.15, 0.2) is 0 Å². The van der Waals surface area contributed by atoms with E-state index in [1.807, 2.05) is 65.6 Å². The van der Waals surface area contributed by atoms with Gasteiger partial charge in [0.25, 0.3) is 14.2 Å². The molecule has 0 aliphatic carbocycles. The minimum Gasteiger partial charge on any atom is -0.478 e. The normalized spacial score (nSPS) is 11.7. The van der Waals surface area contributed by atoms with Crippen molar-refractivity contribution in [3.05, 3.63) is 102 Å². The van der Waals surface area contributed by atoms with E-state index < -0.39 is 25.3 Å². The third-order valence-corrected chi connectivity index (χ3v) is 14.2. The fraction of sp³-hybridized carbons (Fsp3) is 0.415. The van der Waals surface area contributed by atoms with E-state index in [1.165, 1.54) is 25.3 Å². The Balaban J connectivity index is 1.54. The van der Waals surface area contributed by atoms with Gasteiger partial charge in [0.2, 0.25) is 0 Å². The molecule has 11 heteroatoms. The van der Waals surface area contributed by atoms with Crippen LogP contribution < -0.4 is 10.4 Å². The number of esters is 1. The van der Waals surface area contributed by atoms with Crippen molar-refractivity contribution in [2.45, 2.75) is 77.8 Å². The Hall–Kier alpha value is -4.58. The lowest BCUT2D eigenvalue weighted by atomic mass is 10.0. The highest BCUT2D eigenvalue weighted by Crippen LogP contribution is 2.39. The van der Waals surface area contributed by atoms with E-state index in [2.05, 4.69) is 27.7 Å². The number of methoxy groups -OCH3 is 1. The number of ether oxygens (including phenoxy) is 2. The molecule has 0 radical (unpaired) electrons. The molecule has 1 amide bonds. The molecule has 1 aromatic heterocycles. The molecule has 4 rings (SSSR count). The van der Waals surface area contributed by atoms with Crippen molar-refractivity contribution in [3.8, 4) is 11.4 Å². The lowest BCUT2D eigenvalue weighted by Gasteiger charge is -2.41. The summed E-state index contributed by atoms with van der Waals surface area (Å²) in [6.45, 7) is 10.7. The van der Waals surface area contributed by atoms with Crippen LogP contribution in [0.25, 0.3) is 11.4 Å². The summed E-state index contributed by atoms with van der Waals surface area (Å²) in [6.07, 6.45) is 6.72. The predicted octanol–water partition coefficient (Wildman–Crippen LogP) is 6.41. The highest BCUT2D eigenvalue weighted by atomic mass is 28.4. The fourth-order valence-electron chi connectivity index (χ4n) is 6.61. The molecule has 10 nitrogen and oxygen atoms in total. The molecule has 1 heterocycles. The van der Waals surface area contributed by atoms with Gasteiger partial charge in [0.05, 0.1) is 24.8 Å². The summed E-state index contributed by atoms with van der Waals surface area (Å²) in [6, 6.07) is 24.2. The first-order valence-corrected chi connectivity index (χ1v) is 20.2. The molecular formula is C41H53N3O7Si. The van der Waals surface area contributed by atoms with Crippen LogP contribution >= 0.6 is 0 Å². The predicted molar refractivity (Wildman–Crippen MR) is 206 cm³/mol. The van der Waals surface area contributed by atoms with Crippen LogP contribution in [0.1, 0.15) is 97.4 Å². The molecule has 0 atom stereocenters. The molecule has 52 heavy (non-hydrogen) atoms. The zero-order valence-corrected chi connectivity index (χ0v) is 32.1. The summed E-state index contributed by atoms with van der Waals surface area (Å²) in [5, 5.41) is 11.7. The van der Waals surface area contributed by atoms with Crippen molar-refractivity contribution >= 4 is 36.5 Å². The van der Waals surface area contributed by atoms with Crippen molar-refractivity contribution < 1.29 is 33.8 Å². The van der Waals surface area contributed by atoms with Crippen molar-refractivity contribution in [2.75, 3.05) is 33.4 Å². The van der Waals surface area contributed by atoms with Crippen molar-refractivity contribution in [1.82, 2.24) is 14.5 Å². The third-order valence-electron chi connectivity index (χ3n) is 9.69. The van der Waals surface area contributed by atoms with Crippen LogP contribution in [0.5, 0.6) is 0 Å². The maximum Gasteiger partial charge on any atom is 0.337 e. The lowest BCUT2D eigenvalue weighted by molar-refractivity contribution is 0.0600. The zero-order valence-electron chi connectivity index (χ0n) is 31.1. The maximum absolute atomic E-state index is 13.8. The second-order valence-corrected chi connectivity index (χ2v) is 17.7. The van der Waals surface area contributed by atoms with E-state index in [0.29, 0.717) is 38.5 Å². The number of aromatic nitrogens is 2. The van der Waals surface area contributed by atoms with Crippen LogP contribution in [0.15, 0.2) is 85.1 Å². The quantitative estimate of drug-likeness (QED) is 0.0607. The number of hydrogen-bond donors (Lipinski definition) is 2. The minimum absolute atomic E-state index is 0.101. The Kier molecular flexibility index (Phi) is 14.5. The van der Waals surface area contributed by atoms with Crippen LogP contribution in [0.3, 0.4) is 0 Å². The SMILES string of the molecule is CCCCN(CCCC)C(=O)c1cn(CCOCCCC(C)(C)[Si](O)(c2ccccc2)c2ccccc2)c(-c2ccc(C(=O)OC)cc2C(=O)O)n1. The highest BCUT2D eigenvalue weighted by Gasteiger charge is 2.49. The second kappa shape index (κ2) is 18.8. The molecule has 3 aromatic carbocycles. The van der Waals surface area contributed by atoms with Gasteiger partial charge >= 0.3 is 11.9 Å². The fourth-order valence-corrected chi connectivity index (χ4v) is 10.4. The Morgan fingerprint density at radius 3 is 2.00 bits per heavy atom. The minimum atomic E-state index is -3.14. The van der Waals surface area contributed by atoms with Gasteiger partial charge in [-0.25, -0.2) is 14.6 Å². The van der Waals surface area contributed by atoms with Crippen molar-refractivity contribution in [1.29, 1.82) is 0 Å². The number of carbonyl (C=O) groups is 3. The van der Waals surface area contributed by atoms with Gasteiger partial charge < -0.3 is 28.8 Å². The lowest BCUT2D eigenvalue weighted by Crippen LogP contribution is -2.65. The molecule has 278 valence electrons. The molecule has 0 unspecified atom stereocenters. The topological polar surface area (TPSA) is 131 Å². The summed E-state index contributed by atoms with van der Waals surface area (Å²) in [5.41, 5.74) is 0.479. The van der Waals surface area contributed by atoms with Gasteiger partial charge in [0.1, 0.15) is 11.5 Å². The molecule has 0 saturated heterocycles. The van der Waals surface area contributed by atoms with Gasteiger partial charge in [-0.05, 0) is 59.3 Å². The van der Waals surface area contributed by atoms with E-state index >= 15 is 0 Å². The third kappa shape index (κ3) is 9.44. The van der Waals surface area contributed by atoms with E-state index in [4.69, 9.17) is 14.5 Å². The number of carboxylic acid groups (broad SMARTS) is 1. The van der Waals surface area contributed by atoms with Crippen LogP contribution in [0.4, 0.5) is 0 Å². The first kappa shape index (κ1) is 40.2. The van der Waals surface area contributed by atoms with Gasteiger partial charge in [0, 0.05) is 38.0 Å². The van der Waals surface area contributed by atoms with Gasteiger partial charge in [-0.3, -0.25) is 4.79 Å². The summed E-state index contributed by atoms with van der Waals surface area (Å²) in [5.74, 6) is -1.79. The van der Waals surface area contributed by atoms with Gasteiger partial charge in [-0.2, -0.15) is 0 Å². The van der Waals surface area contributed by atoms with Crippen LogP contribution in [-0.4, -0.2) is 83.9 Å². The number of benzene rings is 3. The molecule has 4 aromatic rings. The number of carbonyl (C=O) groups excluding carboxylic acids is 2. The summed E-state index contributed by atoms with van der Waals surface area (Å²) in [7, 11) is -1.90. The molecule has 0 spiro atoms. The van der Waals surface area contributed by atoms with E-state index in [1.54, 1.807) is 10.8 Å². The summed E-state index contributed by atoms with van der Waals surface area (Å²) >= 11 is 0. The number of rotatable bonds is 20. The molecule has 0 aliphatic heterocycles. The number of aromatic carboxylic acids is 1. The number of carboxylic acids is 1. The monoisotopic (exact) mass is 727 g/mol. The average Bonchev–Trinajstić information content (AvgIpc) is 3.59. The zero-order chi connectivity index (χ0) is 37.7. The molecule has 0 bridgehead atoms. The highest BCUT2D eigenvalue weighted by molar-refractivity contribution is 6.98. The van der Waals surface area contributed by atoms with Gasteiger partial charge in [-0.1, -0.05) is 101 Å². The molecule has 0 aliphatic rings. The number of unbranched alkanes of at least 4 members (excludes halogenated alkanes) is 2. The largest absolute Gasteiger partial charge is 0.478 e. The smallest absolute Gasteiger partial charge is 0.337 e. The Morgan fingerprint density at radius 2 is 1.46 bits per heavy atom. The molecular weight excluding hydrogens is 675 g/mol. The van der Waals surface area contributed by atoms with Crippen molar-refractivity contribution in [3.63, 3.8) is 0 Å². The number of hydrogen-bond acceptors (Lipinski definition) is 7. The Bertz CT molecular complexity index is 1730. The first-order chi connectivity index (χ1) is 25.0. The summed E-state index contributed by atoms with van der Waals surface area (Å²) in [4.78, 5) is 57.4. The van der Waals surface area contributed by atoms with Crippen LogP contribution in [0.2, 0.25) is 5.04 Å². The first-order valence-electron chi connectivity index (χ1n) is 18.2. The van der Waals surface area contributed by atoms with E-state index in [0.717, 1.165) is 42.5 Å². The Labute approximate surface area is 308 Å². The standard InChI is InChI=1S/C41H53N3O7Si/c1-6-8-24-43(25-9-7-2)38(45)36-30-44(37(42-36)34-22-21-31(40(48)50-5)29-35(34)39(46)47)26-28-51-27-16-23-41(3,4)52(49,32-17-12-10-13-18-32)33-19-14-11-15-20-33/h10-15,17-22,29-30,49H,6-9,16,23-28H2,1-5H3,(H,46,47). The molecule has 0 saturated carbocycles.